The van der Waals surface area contributed by atoms with E-state index in [0.717, 1.165) is 25.9 Å². The van der Waals surface area contributed by atoms with E-state index < -0.39 is 5.91 Å². The van der Waals surface area contributed by atoms with Crippen molar-refractivity contribution >= 4 is 23.3 Å². The Labute approximate surface area is 163 Å². The molecular weight excluding hydrogens is 363 g/mol. The Kier molecular flexibility index (Phi) is 5.47. The van der Waals surface area contributed by atoms with Gasteiger partial charge in [0.05, 0.1) is 18.9 Å². The number of carbonyl (C=O) groups is 1. The average Bonchev–Trinajstić information content (AvgIpc) is 3.11. The van der Waals surface area contributed by atoms with Crippen molar-refractivity contribution in [3.05, 3.63) is 35.5 Å². The van der Waals surface area contributed by atoms with Crippen LogP contribution in [0.3, 0.4) is 0 Å². The van der Waals surface area contributed by atoms with E-state index in [1.165, 1.54) is 12.5 Å². The number of halogens is 1. The van der Waals surface area contributed by atoms with E-state index in [1.54, 1.807) is 19.1 Å². The standard InChI is InChI=1S/C20H25FN4O3/c1-14-18(23-20(28-14)25-9-11-27-12-10-25)19(26)22-15-5-6-17(16(21)13-15)24-7-3-2-4-8-24/h5-6,13H,2-4,7-12H2,1H3,(H,22,26). The van der Waals surface area contributed by atoms with Crippen LogP contribution in [-0.2, 0) is 4.74 Å². The molecule has 0 atom stereocenters. The Balaban J connectivity index is 1.46. The third-order valence-corrected chi connectivity index (χ3v) is 5.18. The first-order valence-electron chi connectivity index (χ1n) is 9.78. The largest absolute Gasteiger partial charge is 0.428 e. The monoisotopic (exact) mass is 388 g/mol. The summed E-state index contributed by atoms with van der Waals surface area (Å²) in [4.78, 5) is 21.0. The molecule has 2 aliphatic rings. The number of hydrogen-bond donors (Lipinski definition) is 1. The summed E-state index contributed by atoms with van der Waals surface area (Å²) in [6, 6.07) is 5.23. The lowest BCUT2D eigenvalue weighted by Gasteiger charge is -2.29. The Morgan fingerprint density at radius 2 is 1.86 bits per heavy atom. The molecule has 2 aromatic rings. The SMILES string of the molecule is Cc1oc(N2CCOCC2)nc1C(=O)Nc1ccc(N2CCCCC2)c(F)c1. The number of piperidine rings is 1. The zero-order valence-corrected chi connectivity index (χ0v) is 16.0. The van der Waals surface area contributed by atoms with Gasteiger partial charge in [-0.2, -0.15) is 4.98 Å². The van der Waals surface area contributed by atoms with E-state index in [-0.39, 0.29) is 11.5 Å². The number of hydrogen-bond acceptors (Lipinski definition) is 6. The van der Waals surface area contributed by atoms with Crippen molar-refractivity contribution in [2.45, 2.75) is 26.2 Å². The van der Waals surface area contributed by atoms with E-state index in [2.05, 4.69) is 15.2 Å². The Bertz CT molecular complexity index is 842. The zero-order chi connectivity index (χ0) is 19.5. The molecule has 150 valence electrons. The minimum absolute atomic E-state index is 0.210. The smallest absolute Gasteiger partial charge is 0.298 e. The van der Waals surface area contributed by atoms with Crippen LogP contribution in [0.1, 0.15) is 35.5 Å². The van der Waals surface area contributed by atoms with Crippen LogP contribution >= 0.6 is 0 Å². The first-order chi connectivity index (χ1) is 13.6. The molecule has 2 saturated heterocycles. The van der Waals surface area contributed by atoms with E-state index in [1.807, 2.05) is 4.90 Å². The van der Waals surface area contributed by atoms with Crippen molar-refractivity contribution in [1.82, 2.24) is 4.98 Å². The van der Waals surface area contributed by atoms with Crippen molar-refractivity contribution < 1.29 is 18.3 Å². The van der Waals surface area contributed by atoms with Crippen LogP contribution in [0.2, 0.25) is 0 Å². The molecule has 0 bridgehead atoms. The number of anilines is 3. The number of ether oxygens (including phenoxy) is 1. The molecule has 1 amide bonds. The van der Waals surface area contributed by atoms with Crippen LogP contribution in [0.15, 0.2) is 22.6 Å². The lowest BCUT2D eigenvalue weighted by molar-refractivity contribution is 0.102. The molecular formula is C20H25FN4O3. The van der Waals surface area contributed by atoms with Gasteiger partial charge in [0.25, 0.3) is 11.9 Å². The maximum atomic E-state index is 14.6. The summed E-state index contributed by atoms with van der Waals surface area (Å²) in [5.41, 5.74) is 1.20. The summed E-state index contributed by atoms with van der Waals surface area (Å²) in [7, 11) is 0. The van der Waals surface area contributed by atoms with Gasteiger partial charge in [-0.1, -0.05) is 0 Å². The summed E-state index contributed by atoms with van der Waals surface area (Å²) >= 11 is 0. The van der Waals surface area contributed by atoms with Crippen molar-refractivity contribution in [1.29, 1.82) is 0 Å². The molecule has 4 rings (SSSR count). The fourth-order valence-corrected chi connectivity index (χ4v) is 3.65. The van der Waals surface area contributed by atoms with E-state index >= 15 is 0 Å². The highest BCUT2D eigenvalue weighted by molar-refractivity contribution is 6.03. The van der Waals surface area contributed by atoms with E-state index in [0.29, 0.717) is 49.5 Å². The molecule has 2 fully saturated rings. The molecule has 3 heterocycles. The summed E-state index contributed by atoms with van der Waals surface area (Å²) in [5, 5.41) is 2.72. The van der Waals surface area contributed by atoms with Crippen LogP contribution < -0.4 is 15.1 Å². The molecule has 0 radical (unpaired) electrons. The van der Waals surface area contributed by atoms with Gasteiger partial charge in [-0.15, -0.1) is 0 Å². The van der Waals surface area contributed by atoms with Gasteiger partial charge >= 0.3 is 0 Å². The molecule has 0 unspecified atom stereocenters. The lowest BCUT2D eigenvalue weighted by Crippen LogP contribution is -2.36. The maximum absolute atomic E-state index is 14.6. The fraction of sp³-hybridized carbons (Fsp3) is 0.500. The molecule has 0 saturated carbocycles. The average molecular weight is 388 g/mol. The topological polar surface area (TPSA) is 70.8 Å². The molecule has 1 N–H and O–H groups in total. The number of nitrogens with zero attached hydrogens (tertiary/aromatic N) is 3. The lowest BCUT2D eigenvalue weighted by atomic mass is 10.1. The minimum atomic E-state index is -0.411. The number of morpholine rings is 1. The maximum Gasteiger partial charge on any atom is 0.298 e. The Morgan fingerprint density at radius 3 is 2.57 bits per heavy atom. The number of aryl methyl sites for hydroxylation is 1. The van der Waals surface area contributed by atoms with Gasteiger partial charge in [0.2, 0.25) is 0 Å². The first-order valence-corrected chi connectivity index (χ1v) is 9.78. The molecule has 1 aromatic heterocycles. The predicted molar refractivity (Wildman–Crippen MR) is 105 cm³/mol. The number of nitrogens with one attached hydrogen (secondary N) is 1. The molecule has 8 heteroatoms. The minimum Gasteiger partial charge on any atom is -0.428 e. The van der Waals surface area contributed by atoms with Gasteiger partial charge in [-0.25, -0.2) is 4.39 Å². The van der Waals surface area contributed by atoms with Crippen LogP contribution in [0.5, 0.6) is 0 Å². The van der Waals surface area contributed by atoms with Gasteiger partial charge < -0.3 is 24.3 Å². The van der Waals surface area contributed by atoms with Crippen molar-refractivity contribution in [3.63, 3.8) is 0 Å². The number of benzene rings is 1. The van der Waals surface area contributed by atoms with Gasteiger partial charge in [0, 0.05) is 31.9 Å². The molecule has 0 aliphatic carbocycles. The summed E-state index contributed by atoms with van der Waals surface area (Å²) in [5.74, 6) is -0.305. The van der Waals surface area contributed by atoms with Gasteiger partial charge in [0.15, 0.2) is 5.69 Å². The van der Waals surface area contributed by atoms with Crippen LogP contribution in [0, 0.1) is 12.7 Å². The third kappa shape index (κ3) is 3.96. The van der Waals surface area contributed by atoms with Crippen LogP contribution in [0.4, 0.5) is 21.8 Å². The number of rotatable bonds is 4. The second-order valence-electron chi connectivity index (χ2n) is 7.17. The van der Waals surface area contributed by atoms with Crippen molar-refractivity contribution in [3.8, 4) is 0 Å². The fourth-order valence-electron chi connectivity index (χ4n) is 3.65. The molecule has 1 aromatic carbocycles. The second kappa shape index (κ2) is 8.18. The zero-order valence-electron chi connectivity index (χ0n) is 16.0. The predicted octanol–water partition coefficient (Wildman–Crippen LogP) is 3.20. The number of carbonyl (C=O) groups excluding carboxylic acids is 1. The number of amides is 1. The highest BCUT2D eigenvalue weighted by Crippen LogP contribution is 2.26. The summed E-state index contributed by atoms with van der Waals surface area (Å²) in [6.07, 6.45) is 3.35. The van der Waals surface area contributed by atoms with Gasteiger partial charge in [0.1, 0.15) is 11.6 Å². The van der Waals surface area contributed by atoms with Gasteiger partial charge in [-0.05, 0) is 44.4 Å². The molecule has 0 spiro atoms. The molecule has 28 heavy (non-hydrogen) atoms. The first kappa shape index (κ1) is 18.7. The number of aromatic nitrogens is 1. The summed E-state index contributed by atoms with van der Waals surface area (Å²) in [6.45, 7) is 5.98. The van der Waals surface area contributed by atoms with E-state index in [4.69, 9.17) is 9.15 Å². The quantitative estimate of drug-likeness (QED) is 0.867. The van der Waals surface area contributed by atoms with Gasteiger partial charge in [-0.3, -0.25) is 4.79 Å². The highest BCUT2D eigenvalue weighted by Gasteiger charge is 2.23. The third-order valence-electron chi connectivity index (χ3n) is 5.18. The van der Waals surface area contributed by atoms with Crippen molar-refractivity contribution in [2.75, 3.05) is 54.5 Å². The summed E-state index contributed by atoms with van der Waals surface area (Å²) < 4.78 is 25.5. The normalized spacial score (nSPS) is 17.6. The second-order valence-corrected chi connectivity index (χ2v) is 7.17. The molecule has 7 nitrogen and oxygen atoms in total. The van der Waals surface area contributed by atoms with Crippen LogP contribution in [0.25, 0.3) is 0 Å². The van der Waals surface area contributed by atoms with Crippen LogP contribution in [-0.4, -0.2) is 50.3 Å². The Morgan fingerprint density at radius 1 is 1.11 bits per heavy atom. The number of oxazole rings is 1. The molecule has 2 aliphatic heterocycles. The van der Waals surface area contributed by atoms with Crippen molar-refractivity contribution in [2.24, 2.45) is 0 Å². The van der Waals surface area contributed by atoms with E-state index in [9.17, 15) is 9.18 Å². The highest BCUT2D eigenvalue weighted by atomic mass is 19.1. The Hall–Kier alpha value is -2.61.